The Labute approximate surface area is 130 Å². The summed E-state index contributed by atoms with van der Waals surface area (Å²) in [5, 5.41) is 9.55. The molecule has 0 bridgehead atoms. The smallest absolute Gasteiger partial charge is 0.310 e. The van der Waals surface area contributed by atoms with Crippen molar-refractivity contribution in [2.75, 3.05) is 26.7 Å². The molecule has 1 aromatic rings. The largest absolute Gasteiger partial charge is 0.469 e. The number of carbonyl (C=O) groups excluding carboxylic acids is 1. The highest BCUT2D eigenvalue weighted by molar-refractivity contribution is 7.09. The summed E-state index contributed by atoms with van der Waals surface area (Å²) < 4.78 is 4.69. The van der Waals surface area contributed by atoms with Crippen molar-refractivity contribution in [2.24, 2.45) is 10.9 Å². The van der Waals surface area contributed by atoms with Gasteiger partial charge >= 0.3 is 5.97 Å². The van der Waals surface area contributed by atoms with E-state index in [1.165, 1.54) is 7.11 Å². The van der Waals surface area contributed by atoms with E-state index in [0.29, 0.717) is 12.5 Å². The van der Waals surface area contributed by atoms with Gasteiger partial charge in [-0.2, -0.15) is 0 Å². The number of guanidine groups is 1. The average Bonchev–Trinajstić information content (AvgIpc) is 2.89. The zero-order valence-corrected chi connectivity index (χ0v) is 13.9. The Bertz CT molecular complexity index is 473. The highest BCUT2D eigenvalue weighted by Gasteiger charge is 2.12. The first-order chi connectivity index (χ1) is 10.1. The zero-order valence-electron chi connectivity index (χ0n) is 13.1. The molecule has 0 aliphatic heterocycles. The zero-order chi connectivity index (χ0) is 15.7. The van der Waals surface area contributed by atoms with Crippen molar-refractivity contribution in [3.63, 3.8) is 0 Å². The van der Waals surface area contributed by atoms with Gasteiger partial charge in [0.05, 0.1) is 30.3 Å². The standard InChI is InChI=1S/C14H24N4O2S/c1-5-15-14(17-8-10(2)13(19)20-4)16-7-6-12-9-21-11(3)18-12/h9-10H,5-8H2,1-4H3,(H2,15,16,17). The van der Waals surface area contributed by atoms with Gasteiger partial charge in [0.25, 0.3) is 0 Å². The molecule has 1 atom stereocenters. The van der Waals surface area contributed by atoms with Crippen LogP contribution >= 0.6 is 11.3 Å². The number of hydrogen-bond donors (Lipinski definition) is 2. The third kappa shape index (κ3) is 6.57. The van der Waals surface area contributed by atoms with Crippen LogP contribution < -0.4 is 10.6 Å². The number of aliphatic imine (C=N–C) groups is 1. The van der Waals surface area contributed by atoms with E-state index in [2.05, 4.69) is 30.7 Å². The molecule has 21 heavy (non-hydrogen) atoms. The number of aryl methyl sites for hydroxylation is 1. The van der Waals surface area contributed by atoms with Crippen molar-refractivity contribution in [2.45, 2.75) is 27.2 Å². The Morgan fingerprint density at radius 3 is 2.86 bits per heavy atom. The topological polar surface area (TPSA) is 75.6 Å². The minimum atomic E-state index is -0.244. The first kappa shape index (κ1) is 17.4. The lowest BCUT2D eigenvalue weighted by atomic mass is 10.2. The van der Waals surface area contributed by atoms with Gasteiger partial charge in [-0.15, -0.1) is 11.3 Å². The average molecular weight is 312 g/mol. The number of thiazole rings is 1. The van der Waals surface area contributed by atoms with Gasteiger partial charge in [0.15, 0.2) is 5.96 Å². The van der Waals surface area contributed by atoms with Crippen molar-refractivity contribution in [1.29, 1.82) is 0 Å². The predicted molar refractivity (Wildman–Crippen MR) is 85.7 cm³/mol. The van der Waals surface area contributed by atoms with Crippen LogP contribution in [0.15, 0.2) is 10.4 Å². The molecular formula is C14H24N4O2S. The van der Waals surface area contributed by atoms with Crippen LogP contribution in [0.4, 0.5) is 0 Å². The molecule has 0 aromatic carbocycles. The van der Waals surface area contributed by atoms with Crippen LogP contribution in [0.5, 0.6) is 0 Å². The van der Waals surface area contributed by atoms with Crippen LogP contribution in [0.25, 0.3) is 0 Å². The summed E-state index contributed by atoms with van der Waals surface area (Å²) in [4.78, 5) is 20.2. The molecule has 2 N–H and O–H groups in total. The third-order valence-electron chi connectivity index (χ3n) is 2.81. The van der Waals surface area contributed by atoms with E-state index in [4.69, 9.17) is 0 Å². The molecule has 1 rings (SSSR count). The number of methoxy groups -OCH3 is 1. The number of ether oxygens (including phenoxy) is 1. The molecule has 0 amide bonds. The molecule has 118 valence electrons. The lowest BCUT2D eigenvalue weighted by molar-refractivity contribution is -0.144. The van der Waals surface area contributed by atoms with Crippen molar-refractivity contribution >= 4 is 23.3 Å². The summed E-state index contributed by atoms with van der Waals surface area (Å²) in [6.07, 6.45) is 0.849. The molecule has 0 radical (unpaired) electrons. The van der Waals surface area contributed by atoms with E-state index in [1.807, 2.05) is 13.8 Å². The van der Waals surface area contributed by atoms with Gasteiger partial charge in [-0.1, -0.05) is 6.92 Å². The Kier molecular flexibility index (Phi) is 7.74. The Morgan fingerprint density at radius 2 is 2.29 bits per heavy atom. The summed E-state index contributed by atoms with van der Waals surface area (Å²) >= 11 is 1.66. The van der Waals surface area contributed by atoms with E-state index < -0.39 is 0 Å². The summed E-state index contributed by atoms with van der Waals surface area (Å²) in [5.74, 6) is 0.222. The molecule has 7 heteroatoms. The molecule has 0 aliphatic rings. The molecule has 0 aliphatic carbocycles. The van der Waals surface area contributed by atoms with Crippen LogP contribution in [-0.2, 0) is 16.0 Å². The summed E-state index contributed by atoms with van der Waals surface area (Å²) in [6.45, 7) is 7.73. The molecule has 0 spiro atoms. The molecular weight excluding hydrogens is 288 g/mol. The predicted octanol–water partition coefficient (Wildman–Crippen LogP) is 1.36. The fraction of sp³-hybridized carbons (Fsp3) is 0.643. The van der Waals surface area contributed by atoms with Crippen LogP contribution in [-0.4, -0.2) is 43.7 Å². The number of aromatic nitrogens is 1. The second kappa shape index (κ2) is 9.33. The van der Waals surface area contributed by atoms with Gasteiger partial charge in [0.2, 0.25) is 0 Å². The number of rotatable bonds is 7. The van der Waals surface area contributed by atoms with Crippen molar-refractivity contribution in [3.8, 4) is 0 Å². The molecule has 1 aromatic heterocycles. The van der Waals surface area contributed by atoms with Crippen LogP contribution in [0, 0.1) is 12.8 Å². The third-order valence-corrected chi connectivity index (χ3v) is 3.63. The van der Waals surface area contributed by atoms with Crippen molar-refractivity contribution in [1.82, 2.24) is 15.6 Å². The maximum atomic E-state index is 11.3. The highest BCUT2D eigenvalue weighted by atomic mass is 32.1. The maximum Gasteiger partial charge on any atom is 0.310 e. The summed E-state index contributed by atoms with van der Waals surface area (Å²) in [7, 11) is 1.39. The fourth-order valence-electron chi connectivity index (χ4n) is 1.68. The lowest BCUT2D eigenvalue weighted by Crippen LogP contribution is -2.39. The molecule has 1 unspecified atom stereocenters. The Balaban J connectivity index is 2.43. The Morgan fingerprint density at radius 1 is 1.52 bits per heavy atom. The molecule has 0 saturated heterocycles. The molecule has 0 fully saturated rings. The monoisotopic (exact) mass is 312 g/mol. The van der Waals surface area contributed by atoms with Crippen molar-refractivity contribution in [3.05, 3.63) is 16.1 Å². The second-order valence-corrected chi connectivity index (χ2v) is 5.74. The maximum absolute atomic E-state index is 11.3. The quantitative estimate of drug-likeness (QED) is 0.452. The SMILES string of the molecule is CCNC(=NCC(C)C(=O)OC)NCCc1csc(C)n1. The summed E-state index contributed by atoms with van der Waals surface area (Å²) in [6, 6.07) is 0. The van der Waals surface area contributed by atoms with Gasteiger partial charge in [0.1, 0.15) is 0 Å². The van der Waals surface area contributed by atoms with E-state index in [9.17, 15) is 4.79 Å². The number of nitrogens with zero attached hydrogens (tertiary/aromatic N) is 2. The first-order valence-electron chi connectivity index (χ1n) is 7.07. The van der Waals surface area contributed by atoms with Gasteiger partial charge in [0, 0.05) is 24.9 Å². The van der Waals surface area contributed by atoms with E-state index in [1.54, 1.807) is 18.3 Å². The number of hydrogen-bond acceptors (Lipinski definition) is 5. The molecule has 0 saturated carbocycles. The first-order valence-corrected chi connectivity index (χ1v) is 7.95. The normalized spacial score (nSPS) is 12.9. The van der Waals surface area contributed by atoms with Gasteiger partial charge in [-0.25, -0.2) is 4.98 Å². The minimum Gasteiger partial charge on any atom is -0.469 e. The number of carbonyl (C=O) groups is 1. The number of esters is 1. The van der Waals surface area contributed by atoms with Gasteiger partial charge < -0.3 is 15.4 Å². The second-order valence-electron chi connectivity index (χ2n) is 4.68. The minimum absolute atomic E-state index is 0.243. The number of nitrogens with one attached hydrogen (secondary N) is 2. The van der Waals surface area contributed by atoms with Crippen LogP contribution in [0.2, 0.25) is 0 Å². The van der Waals surface area contributed by atoms with E-state index in [-0.39, 0.29) is 11.9 Å². The summed E-state index contributed by atoms with van der Waals surface area (Å²) in [5.41, 5.74) is 1.09. The molecule has 1 heterocycles. The van der Waals surface area contributed by atoms with E-state index >= 15 is 0 Å². The van der Waals surface area contributed by atoms with E-state index in [0.717, 1.165) is 30.2 Å². The van der Waals surface area contributed by atoms with Crippen LogP contribution in [0.3, 0.4) is 0 Å². The Hall–Kier alpha value is -1.63. The van der Waals surface area contributed by atoms with Crippen LogP contribution in [0.1, 0.15) is 24.5 Å². The van der Waals surface area contributed by atoms with Gasteiger partial charge in [-0.3, -0.25) is 9.79 Å². The highest BCUT2D eigenvalue weighted by Crippen LogP contribution is 2.07. The fourth-order valence-corrected chi connectivity index (χ4v) is 2.32. The van der Waals surface area contributed by atoms with Crippen molar-refractivity contribution < 1.29 is 9.53 Å². The lowest BCUT2D eigenvalue weighted by Gasteiger charge is -2.12. The molecule has 6 nitrogen and oxygen atoms in total. The van der Waals surface area contributed by atoms with Gasteiger partial charge in [-0.05, 0) is 13.8 Å².